The lowest BCUT2D eigenvalue weighted by Crippen LogP contribution is -2.27. The van der Waals surface area contributed by atoms with E-state index in [4.69, 9.17) is 49.3 Å². The van der Waals surface area contributed by atoms with Gasteiger partial charge in [-0.3, -0.25) is 14.5 Å². The number of ether oxygens (including phenoxy) is 2. The number of carbonyl (C=O) groups excluding carboxylic acids is 2. The quantitative estimate of drug-likeness (QED) is 0.272. The minimum absolute atomic E-state index is 0.202. The molecule has 35 heavy (non-hydrogen) atoms. The van der Waals surface area contributed by atoms with Gasteiger partial charge in [0.1, 0.15) is 10.1 Å². The van der Waals surface area contributed by atoms with E-state index in [0.29, 0.717) is 42.8 Å². The predicted octanol–water partition coefficient (Wildman–Crippen LogP) is 6.01. The van der Waals surface area contributed by atoms with E-state index in [1.807, 2.05) is 0 Å². The maximum Gasteiger partial charge on any atom is 0.266 e. The first-order valence-corrected chi connectivity index (χ1v) is 12.2. The van der Waals surface area contributed by atoms with Crippen LogP contribution in [0.3, 0.4) is 0 Å². The summed E-state index contributed by atoms with van der Waals surface area (Å²) in [6.07, 6.45) is 3.27. The summed E-state index contributed by atoms with van der Waals surface area (Å²) >= 11 is 18.6. The molecular weight excluding hydrogens is 531 g/mol. The Hall–Kier alpha value is -2.98. The first kappa shape index (κ1) is 25.1. The molecule has 2 aromatic carbocycles. The molecule has 0 bridgehead atoms. The van der Waals surface area contributed by atoms with Crippen molar-refractivity contribution in [2.24, 2.45) is 0 Å². The average molecular weight is 549 g/mol. The molecule has 180 valence electrons. The van der Waals surface area contributed by atoms with Crippen molar-refractivity contribution in [3.8, 4) is 11.5 Å². The second-order valence-corrected chi connectivity index (χ2v) is 9.66. The Bertz CT molecular complexity index is 1310. The summed E-state index contributed by atoms with van der Waals surface area (Å²) in [5.74, 6) is 0.792. The number of amides is 2. The first-order chi connectivity index (χ1) is 16.9. The second kappa shape index (κ2) is 11.2. The molecule has 1 N–H and O–H groups in total. The van der Waals surface area contributed by atoms with Crippen molar-refractivity contribution in [3.05, 3.63) is 81.1 Å². The van der Waals surface area contributed by atoms with Crippen LogP contribution < -0.4 is 14.8 Å². The molecule has 0 unspecified atom stereocenters. The predicted molar refractivity (Wildman–Crippen MR) is 141 cm³/mol. The summed E-state index contributed by atoms with van der Waals surface area (Å²) in [7, 11) is 1.49. The number of nitrogens with one attached hydrogen (secondary N) is 1. The molecule has 7 nitrogen and oxygen atoms in total. The minimum atomic E-state index is -0.416. The minimum Gasteiger partial charge on any atom is -0.493 e. The third-order valence-electron chi connectivity index (χ3n) is 4.84. The van der Waals surface area contributed by atoms with E-state index in [-0.39, 0.29) is 24.1 Å². The van der Waals surface area contributed by atoms with Crippen LogP contribution in [0.4, 0.5) is 5.69 Å². The highest BCUT2D eigenvalue weighted by molar-refractivity contribution is 8.26. The lowest BCUT2D eigenvalue weighted by molar-refractivity contribution is -0.122. The maximum atomic E-state index is 12.8. The van der Waals surface area contributed by atoms with Gasteiger partial charge >= 0.3 is 0 Å². The van der Waals surface area contributed by atoms with Crippen LogP contribution in [0.25, 0.3) is 6.08 Å². The van der Waals surface area contributed by atoms with Gasteiger partial charge in [-0.25, -0.2) is 0 Å². The zero-order valence-corrected chi connectivity index (χ0v) is 21.4. The summed E-state index contributed by atoms with van der Waals surface area (Å²) in [4.78, 5) is 27.1. The molecule has 2 amide bonds. The molecule has 11 heteroatoms. The molecule has 0 aliphatic carbocycles. The van der Waals surface area contributed by atoms with Crippen molar-refractivity contribution in [2.75, 3.05) is 19.0 Å². The van der Waals surface area contributed by atoms with E-state index in [9.17, 15) is 9.59 Å². The number of furan rings is 1. The van der Waals surface area contributed by atoms with Crippen LogP contribution in [0.15, 0.2) is 64.1 Å². The number of halogens is 2. The number of benzene rings is 2. The van der Waals surface area contributed by atoms with Gasteiger partial charge in [-0.2, -0.15) is 0 Å². The lowest BCUT2D eigenvalue weighted by atomic mass is 10.2. The van der Waals surface area contributed by atoms with Crippen LogP contribution in [0.2, 0.25) is 10.0 Å². The van der Waals surface area contributed by atoms with Gasteiger partial charge in [0.2, 0.25) is 0 Å². The van der Waals surface area contributed by atoms with Crippen molar-refractivity contribution in [1.82, 2.24) is 4.90 Å². The Morgan fingerprint density at radius 3 is 2.77 bits per heavy atom. The van der Waals surface area contributed by atoms with Gasteiger partial charge in [0.15, 0.2) is 18.1 Å². The monoisotopic (exact) mass is 548 g/mol. The summed E-state index contributed by atoms with van der Waals surface area (Å²) in [5, 5.41) is 3.24. The van der Waals surface area contributed by atoms with Crippen LogP contribution in [0.5, 0.6) is 11.5 Å². The summed E-state index contributed by atoms with van der Waals surface area (Å²) in [6, 6.07) is 13.6. The topological polar surface area (TPSA) is 81.0 Å². The Morgan fingerprint density at radius 1 is 1.20 bits per heavy atom. The standard InChI is InChI=1S/C24H18Cl2N2O5S2/c1-31-19-10-14(11-20-23(30)28(24(34)35-20)12-15-4-3-9-32-15)7-8-18(19)33-13-21(29)27-17-6-2-5-16(25)22(17)26/h2-11H,12-13H2,1H3,(H,27,29)/b20-11-. The Kier molecular flexibility index (Phi) is 8.02. The van der Waals surface area contributed by atoms with Gasteiger partial charge in [-0.05, 0) is 48.0 Å². The van der Waals surface area contributed by atoms with E-state index in [1.165, 1.54) is 23.8 Å². The number of thioether (sulfide) groups is 1. The summed E-state index contributed by atoms with van der Waals surface area (Å²) in [5.41, 5.74) is 1.10. The molecule has 1 aromatic heterocycles. The van der Waals surface area contributed by atoms with Crippen LogP contribution in [0.1, 0.15) is 11.3 Å². The fourth-order valence-electron chi connectivity index (χ4n) is 3.17. The van der Waals surface area contributed by atoms with Crippen molar-refractivity contribution in [1.29, 1.82) is 0 Å². The van der Waals surface area contributed by atoms with Gasteiger partial charge in [-0.15, -0.1) is 0 Å². The number of hydrogen-bond acceptors (Lipinski definition) is 7. The number of thiocarbonyl (C=S) groups is 1. The van der Waals surface area contributed by atoms with Gasteiger partial charge < -0.3 is 19.2 Å². The molecule has 2 heterocycles. The fourth-order valence-corrected chi connectivity index (χ4v) is 4.77. The van der Waals surface area contributed by atoms with Crippen molar-refractivity contribution < 1.29 is 23.5 Å². The molecule has 0 spiro atoms. The molecule has 3 aromatic rings. The fraction of sp³-hybridized carbons (Fsp3) is 0.125. The van der Waals surface area contributed by atoms with E-state index < -0.39 is 5.91 Å². The smallest absolute Gasteiger partial charge is 0.266 e. The van der Waals surface area contributed by atoms with Gasteiger partial charge in [0.05, 0.1) is 40.6 Å². The highest BCUT2D eigenvalue weighted by Crippen LogP contribution is 2.35. The molecule has 0 atom stereocenters. The first-order valence-electron chi connectivity index (χ1n) is 10.2. The molecular formula is C24H18Cl2N2O5S2. The largest absolute Gasteiger partial charge is 0.493 e. The van der Waals surface area contributed by atoms with Gasteiger partial charge in [0, 0.05) is 0 Å². The van der Waals surface area contributed by atoms with Gasteiger partial charge in [-0.1, -0.05) is 59.3 Å². The number of nitrogens with zero attached hydrogens (tertiary/aromatic N) is 1. The average Bonchev–Trinajstić information content (AvgIpc) is 3.45. The van der Waals surface area contributed by atoms with E-state index in [1.54, 1.807) is 60.9 Å². The van der Waals surface area contributed by atoms with Gasteiger partial charge in [0.25, 0.3) is 11.8 Å². The summed E-state index contributed by atoms with van der Waals surface area (Å²) in [6.45, 7) is -0.00243. The molecule has 0 radical (unpaired) electrons. The van der Waals surface area contributed by atoms with Crippen molar-refractivity contribution in [2.45, 2.75) is 6.54 Å². The van der Waals surface area contributed by atoms with Crippen molar-refractivity contribution >= 4 is 75.1 Å². The van der Waals surface area contributed by atoms with Crippen LogP contribution in [-0.4, -0.2) is 34.8 Å². The zero-order valence-electron chi connectivity index (χ0n) is 18.2. The van der Waals surface area contributed by atoms with E-state index >= 15 is 0 Å². The Balaban J connectivity index is 1.42. The normalized spacial score (nSPS) is 14.5. The highest BCUT2D eigenvalue weighted by atomic mass is 35.5. The zero-order chi connectivity index (χ0) is 24.9. The third kappa shape index (κ3) is 5.99. The van der Waals surface area contributed by atoms with E-state index in [0.717, 1.165) is 0 Å². The third-order valence-corrected chi connectivity index (χ3v) is 7.03. The Labute approximate surface area is 221 Å². The summed E-state index contributed by atoms with van der Waals surface area (Å²) < 4.78 is 16.8. The van der Waals surface area contributed by atoms with Crippen LogP contribution >= 0.6 is 47.2 Å². The molecule has 0 saturated carbocycles. The Morgan fingerprint density at radius 2 is 2.03 bits per heavy atom. The van der Waals surface area contributed by atoms with Crippen LogP contribution in [-0.2, 0) is 16.1 Å². The van der Waals surface area contributed by atoms with Crippen LogP contribution in [0, 0.1) is 0 Å². The number of anilines is 1. The van der Waals surface area contributed by atoms with E-state index in [2.05, 4.69) is 5.32 Å². The number of methoxy groups -OCH3 is 1. The lowest BCUT2D eigenvalue weighted by Gasteiger charge is -2.13. The molecule has 1 aliphatic heterocycles. The highest BCUT2D eigenvalue weighted by Gasteiger charge is 2.32. The number of carbonyl (C=O) groups is 2. The number of hydrogen-bond donors (Lipinski definition) is 1. The number of rotatable bonds is 8. The molecule has 4 rings (SSSR count). The molecule has 1 fully saturated rings. The SMILES string of the molecule is COc1cc(/C=C2\SC(=S)N(Cc3ccco3)C2=O)ccc1OCC(=O)Nc1cccc(Cl)c1Cl. The maximum absolute atomic E-state index is 12.8. The molecule has 1 aliphatic rings. The second-order valence-electron chi connectivity index (χ2n) is 7.20. The molecule has 1 saturated heterocycles. The van der Waals surface area contributed by atoms with Crippen molar-refractivity contribution in [3.63, 3.8) is 0 Å².